The maximum Gasteiger partial charge on any atom is 0.519 e. The predicted octanol–water partition coefficient (Wildman–Crippen LogP) is -0.877. The first-order chi connectivity index (χ1) is 11.3. The molecular formula is C13H10N2O9. The van der Waals surface area contributed by atoms with Crippen LogP contribution in [-0.2, 0) is 20.9 Å². The van der Waals surface area contributed by atoms with E-state index in [0.717, 1.165) is 12.3 Å². The maximum absolute atomic E-state index is 11.4. The third kappa shape index (κ3) is 4.43. The Morgan fingerprint density at radius 1 is 1.17 bits per heavy atom. The van der Waals surface area contributed by atoms with Gasteiger partial charge in [0.25, 0.3) is 5.56 Å². The number of ether oxygens (including phenoxy) is 2. The largest absolute Gasteiger partial charge is 0.519 e. The van der Waals surface area contributed by atoms with E-state index in [1.54, 1.807) is 0 Å². The number of H-pyrrole nitrogens is 2. The quantitative estimate of drug-likeness (QED) is 0.521. The molecule has 0 spiro atoms. The Kier molecular flexibility index (Phi) is 4.94. The van der Waals surface area contributed by atoms with Crippen molar-refractivity contribution in [3.63, 3.8) is 0 Å². The smallest absolute Gasteiger partial charge is 0.454 e. The molecule has 0 fully saturated rings. The fourth-order valence-corrected chi connectivity index (χ4v) is 1.44. The molecule has 0 atom stereocenters. The third-order valence-corrected chi connectivity index (χ3v) is 2.53. The van der Waals surface area contributed by atoms with Crippen molar-refractivity contribution in [1.82, 2.24) is 9.97 Å². The molecule has 126 valence electrons. The first-order valence-corrected chi connectivity index (χ1v) is 6.33. The van der Waals surface area contributed by atoms with E-state index in [0.29, 0.717) is 6.08 Å². The molecule has 11 nitrogen and oxygen atoms in total. The van der Waals surface area contributed by atoms with Gasteiger partial charge in [0, 0.05) is 12.2 Å². The van der Waals surface area contributed by atoms with Crippen LogP contribution in [0, 0.1) is 6.92 Å². The van der Waals surface area contributed by atoms with E-state index in [1.165, 1.54) is 6.92 Å². The first kappa shape index (κ1) is 16.7. The van der Waals surface area contributed by atoms with Crippen LogP contribution in [0.1, 0.15) is 11.5 Å². The molecule has 0 bridgehead atoms. The van der Waals surface area contributed by atoms with Gasteiger partial charge in [-0.3, -0.25) is 9.78 Å². The zero-order valence-corrected chi connectivity index (χ0v) is 12.1. The van der Waals surface area contributed by atoms with Crippen molar-refractivity contribution in [2.24, 2.45) is 0 Å². The SMILES string of the molecule is Cc1oc(=O)oc1COC(=O)/C=C/C(=O)Oc1c[nH]c(=O)[nH]c1=O. The minimum absolute atomic E-state index is 0.0316. The van der Waals surface area contributed by atoms with Gasteiger partial charge in [-0.15, -0.1) is 0 Å². The summed E-state index contributed by atoms with van der Waals surface area (Å²) in [4.78, 5) is 59.7. The molecule has 0 unspecified atom stereocenters. The molecule has 11 heteroatoms. The Bertz CT molecular complexity index is 957. The Morgan fingerprint density at radius 3 is 2.50 bits per heavy atom. The number of hydrogen-bond donors (Lipinski definition) is 2. The molecule has 0 amide bonds. The van der Waals surface area contributed by atoms with Crippen LogP contribution < -0.4 is 21.8 Å². The highest BCUT2D eigenvalue weighted by atomic mass is 16.6. The van der Waals surface area contributed by atoms with Gasteiger partial charge < -0.3 is 23.3 Å². The molecule has 2 aromatic rings. The second-order valence-electron chi connectivity index (χ2n) is 4.23. The highest BCUT2D eigenvalue weighted by Crippen LogP contribution is 2.06. The molecule has 0 aliphatic rings. The van der Waals surface area contributed by atoms with Gasteiger partial charge >= 0.3 is 23.5 Å². The lowest BCUT2D eigenvalue weighted by atomic mass is 10.4. The molecule has 0 saturated carbocycles. The zero-order valence-electron chi connectivity index (χ0n) is 12.1. The molecule has 0 aromatic carbocycles. The van der Waals surface area contributed by atoms with Gasteiger partial charge in [-0.2, -0.15) is 0 Å². The van der Waals surface area contributed by atoms with Crippen molar-refractivity contribution < 1.29 is 27.9 Å². The van der Waals surface area contributed by atoms with Gasteiger partial charge in [0.15, 0.2) is 18.1 Å². The van der Waals surface area contributed by atoms with Crippen LogP contribution in [0.3, 0.4) is 0 Å². The number of rotatable bonds is 5. The maximum atomic E-state index is 11.4. The van der Waals surface area contributed by atoms with Gasteiger partial charge in [0.2, 0.25) is 5.75 Å². The summed E-state index contributed by atoms with van der Waals surface area (Å²) < 4.78 is 18.5. The second-order valence-corrected chi connectivity index (χ2v) is 4.23. The number of aryl methyl sites for hydroxylation is 1. The van der Waals surface area contributed by atoms with Crippen molar-refractivity contribution in [3.8, 4) is 5.75 Å². The Labute approximate surface area is 131 Å². The number of nitrogens with one attached hydrogen (secondary N) is 2. The number of carbonyl (C=O) groups is 2. The molecule has 0 aliphatic heterocycles. The average molecular weight is 338 g/mol. The molecule has 0 radical (unpaired) electrons. The Balaban J connectivity index is 1.89. The second kappa shape index (κ2) is 7.09. The molecule has 2 aromatic heterocycles. The fraction of sp³-hybridized carbons (Fsp3) is 0.154. The van der Waals surface area contributed by atoms with E-state index < -0.39 is 34.8 Å². The van der Waals surface area contributed by atoms with Gasteiger partial charge in [0.1, 0.15) is 0 Å². The third-order valence-electron chi connectivity index (χ3n) is 2.53. The number of aromatic nitrogens is 2. The highest BCUT2D eigenvalue weighted by molar-refractivity contribution is 5.92. The minimum Gasteiger partial charge on any atom is -0.454 e. The Hall–Kier alpha value is -3.63. The summed E-state index contributed by atoms with van der Waals surface area (Å²) in [7, 11) is 0. The number of esters is 2. The highest BCUT2D eigenvalue weighted by Gasteiger charge is 2.11. The topological polar surface area (TPSA) is 162 Å². The van der Waals surface area contributed by atoms with Crippen molar-refractivity contribution in [2.75, 3.05) is 0 Å². The van der Waals surface area contributed by atoms with Gasteiger partial charge in [-0.05, 0) is 6.92 Å². The van der Waals surface area contributed by atoms with Crippen LogP contribution in [-0.4, -0.2) is 21.9 Å². The van der Waals surface area contributed by atoms with Crippen molar-refractivity contribution in [3.05, 3.63) is 61.3 Å². The van der Waals surface area contributed by atoms with Crippen LogP contribution in [0.2, 0.25) is 0 Å². The number of carbonyl (C=O) groups excluding carboxylic acids is 2. The summed E-state index contributed by atoms with van der Waals surface area (Å²) in [5, 5.41) is 0. The summed E-state index contributed by atoms with van der Waals surface area (Å²) in [6.45, 7) is 1.08. The number of aromatic amines is 2. The fourth-order valence-electron chi connectivity index (χ4n) is 1.44. The molecule has 0 aliphatic carbocycles. The molecule has 2 heterocycles. The number of hydrogen-bond acceptors (Lipinski definition) is 9. The molecule has 2 rings (SSSR count). The lowest BCUT2D eigenvalue weighted by Crippen LogP contribution is -2.24. The van der Waals surface area contributed by atoms with Crippen LogP contribution in [0.4, 0.5) is 0 Å². The van der Waals surface area contributed by atoms with E-state index in [-0.39, 0.29) is 18.1 Å². The van der Waals surface area contributed by atoms with Crippen molar-refractivity contribution in [2.45, 2.75) is 13.5 Å². The summed E-state index contributed by atoms with van der Waals surface area (Å²) in [5.74, 6) is -3.16. The van der Waals surface area contributed by atoms with Crippen LogP contribution in [0.25, 0.3) is 0 Å². The van der Waals surface area contributed by atoms with Crippen LogP contribution in [0.5, 0.6) is 5.75 Å². The predicted molar refractivity (Wildman–Crippen MR) is 74.2 cm³/mol. The normalized spacial score (nSPS) is 10.7. The molecular weight excluding hydrogens is 328 g/mol. The average Bonchev–Trinajstić information content (AvgIpc) is 2.84. The van der Waals surface area contributed by atoms with E-state index in [9.17, 15) is 24.0 Å². The standard InChI is InChI=1S/C13H10N2O9/c1-6-8(24-13(20)22-6)5-21-9(16)2-3-10(17)23-7-4-14-12(19)15-11(7)18/h2-4H,5H2,1H3,(H2,14,15,18,19)/b3-2+. The lowest BCUT2D eigenvalue weighted by molar-refractivity contribution is -0.140. The van der Waals surface area contributed by atoms with Crippen LogP contribution >= 0.6 is 0 Å². The van der Waals surface area contributed by atoms with Gasteiger partial charge in [-0.25, -0.2) is 19.2 Å². The van der Waals surface area contributed by atoms with E-state index in [4.69, 9.17) is 4.74 Å². The lowest BCUT2D eigenvalue weighted by Gasteiger charge is -1.99. The van der Waals surface area contributed by atoms with E-state index in [2.05, 4.69) is 18.6 Å². The van der Waals surface area contributed by atoms with E-state index >= 15 is 0 Å². The van der Waals surface area contributed by atoms with Crippen molar-refractivity contribution >= 4 is 11.9 Å². The monoisotopic (exact) mass is 338 g/mol. The molecule has 0 saturated heterocycles. The molecule has 2 N–H and O–H groups in total. The summed E-state index contributed by atoms with van der Waals surface area (Å²) >= 11 is 0. The summed E-state index contributed by atoms with van der Waals surface area (Å²) in [5.41, 5.74) is -1.67. The van der Waals surface area contributed by atoms with Crippen LogP contribution in [0.15, 0.2) is 41.6 Å². The summed E-state index contributed by atoms with van der Waals surface area (Å²) in [6.07, 6.45) is 2.36. The van der Waals surface area contributed by atoms with Gasteiger partial charge in [-0.1, -0.05) is 0 Å². The first-order valence-electron chi connectivity index (χ1n) is 6.33. The Morgan fingerprint density at radius 2 is 1.88 bits per heavy atom. The van der Waals surface area contributed by atoms with Crippen molar-refractivity contribution in [1.29, 1.82) is 0 Å². The summed E-state index contributed by atoms with van der Waals surface area (Å²) in [6, 6.07) is 0. The zero-order chi connectivity index (χ0) is 17.7. The molecule has 24 heavy (non-hydrogen) atoms. The minimum atomic E-state index is -1.05. The van der Waals surface area contributed by atoms with Gasteiger partial charge in [0.05, 0.1) is 6.20 Å². The van der Waals surface area contributed by atoms with E-state index in [1.807, 2.05) is 4.98 Å².